The van der Waals surface area contributed by atoms with Gasteiger partial charge in [-0.05, 0) is 36.8 Å². The molecule has 0 bridgehead atoms. The van der Waals surface area contributed by atoms with Gasteiger partial charge in [0.05, 0.1) is 11.1 Å². The topological polar surface area (TPSA) is 74.8 Å². The molecule has 1 aliphatic rings. The zero-order valence-corrected chi connectivity index (χ0v) is 13.4. The van der Waals surface area contributed by atoms with Crippen molar-refractivity contribution in [2.45, 2.75) is 33.1 Å². The maximum absolute atomic E-state index is 12.6. The molecule has 1 aliphatic carbocycles. The Kier molecular flexibility index (Phi) is 4.28. The van der Waals surface area contributed by atoms with Crippen molar-refractivity contribution in [3.05, 3.63) is 47.4 Å². The average molecular weight is 311 g/mol. The maximum Gasteiger partial charge on any atom is 0.259 e. The average Bonchev–Trinajstić information content (AvgIpc) is 2.89. The van der Waals surface area contributed by atoms with Gasteiger partial charge in [0.25, 0.3) is 5.91 Å². The highest BCUT2D eigenvalue weighted by atomic mass is 16.2. The molecule has 0 saturated heterocycles. The van der Waals surface area contributed by atoms with Crippen molar-refractivity contribution in [3.63, 3.8) is 0 Å². The molecule has 5 heteroatoms. The van der Waals surface area contributed by atoms with Crippen LogP contribution in [0.25, 0.3) is 0 Å². The summed E-state index contributed by atoms with van der Waals surface area (Å²) in [6, 6.07) is 5.31. The second-order valence-corrected chi connectivity index (χ2v) is 6.40. The van der Waals surface area contributed by atoms with Crippen LogP contribution >= 0.6 is 0 Å². The van der Waals surface area contributed by atoms with Crippen LogP contribution in [0, 0.1) is 11.8 Å². The van der Waals surface area contributed by atoms with Gasteiger partial charge in [-0.3, -0.25) is 9.59 Å². The highest BCUT2D eigenvalue weighted by molar-refractivity contribution is 6.13. The summed E-state index contributed by atoms with van der Waals surface area (Å²) in [5.41, 5.74) is 1.85. The van der Waals surface area contributed by atoms with Crippen LogP contribution in [-0.2, 0) is 6.42 Å². The number of aromatic nitrogens is 2. The number of aromatic amines is 1. The maximum atomic E-state index is 12.6. The minimum Gasteiger partial charge on any atom is -0.364 e. The molecule has 0 fully saturated rings. The van der Waals surface area contributed by atoms with Gasteiger partial charge in [0, 0.05) is 24.5 Å². The number of carbonyl (C=O) groups is 2. The Morgan fingerprint density at radius 1 is 1.39 bits per heavy atom. The lowest BCUT2D eigenvalue weighted by atomic mass is 9.88. The fourth-order valence-corrected chi connectivity index (χ4v) is 3.12. The zero-order valence-electron chi connectivity index (χ0n) is 13.4. The van der Waals surface area contributed by atoms with Crippen molar-refractivity contribution < 1.29 is 9.59 Å². The lowest BCUT2D eigenvalue weighted by molar-refractivity contribution is 0.0939. The van der Waals surface area contributed by atoms with E-state index in [0.717, 1.165) is 18.5 Å². The van der Waals surface area contributed by atoms with E-state index in [1.165, 1.54) is 0 Å². The molecule has 2 N–H and O–H groups in total. The molecule has 2 heterocycles. The van der Waals surface area contributed by atoms with E-state index in [0.29, 0.717) is 35.2 Å². The molecule has 3 rings (SSSR count). The number of Topliss-reactive ketones (excluding diaryl/α,β-unsaturated/α-hetero) is 1. The summed E-state index contributed by atoms with van der Waals surface area (Å²) < 4.78 is 0. The third-order valence-corrected chi connectivity index (χ3v) is 4.55. The zero-order chi connectivity index (χ0) is 16.4. The van der Waals surface area contributed by atoms with Crippen molar-refractivity contribution in [2.75, 3.05) is 5.32 Å². The summed E-state index contributed by atoms with van der Waals surface area (Å²) in [5.74, 6) is 1.08. The summed E-state index contributed by atoms with van der Waals surface area (Å²) in [5, 5.41) is 2.75. The van der Waals surface area contributed by atoms with Crippen LogP contribution in [0.4, 0.5) is 5.82 Å². The summed E-state index contributed by atoms with van der Waals surface area (Å²) in [4.78, 5) is 32.3. The third kappa shape index (κ3) is 3.18. The van der Waals surface area contributed by atoms with E-state index in [9.17, 15) is 9.59 Å². The van der Waals surface area contributed by atoms with Crippen molar-refractivity contribution >= 4 is 17.5 Å². The van der Waals surface area contributed by atoms with E-state index in [4.69, 9.17) is 0 Å². The number of hydrogen-bond acceptors (Lipinski definition) is 3. The van der Waals surface area contributed by atoms with E-state index in [-0.39, 0.29) is 11.7 Å². The Hall–Kier alpha value is -2.43. The number of pyridine rings is 1. The van der Waals surface area contributed by atoms with Crippen molar-refractivity contribution in [2.24, 2.45) is 11.8 Å². The molecule has 120 valence electrons. The van der Waals surface area contributed by atoms with Gasteiger partial charge in [-0.1, -0.05) is 19.9 Å². The Morgan fingerprint density at radius 3 is 2.91 bits per heavy atom. The van der Waals surface area contributed by atoms with Crippen molar-refractivity contribution in [1.29, 1.82) is 0 Å². The predicted octanol–water partition coefficient (Wildman–Crippen LogP) is 3.45. The number of carbonyl (C=O) groups excluding carboxylic acids is 2. The highest BCUT2D eigenvalue weighted by Crippen LogP contribution is 2.30. The second kappa shape index (κ2) is 6.36. The summed E-state index contributed by atoms with van der Waals surface area (Å²) >= 11 is 0. The van der Waals surface area contributed by atoms with Crippen LogP contribution < -0.4 is 5.32 Å². The molecule has 2 aromatic rings. The number of nitrogens with one attached hydrogen (secondary N) is 2. The Bertz CT molecular complexity index is 719. The number of amides is 1. The van der Waals surface area contributed by atoms with Crippen LogP contribution in [-0.4, -0.2) is 21.7 Å². The van der Waals surface area contributed by atoms with Gasteiger partial charge in [-0.25, -0.2) is 4.98 Å². The Balaban J connectivity index is 1.85. The lowest BCUT2D eigenvalue weighted by Crippen LogP contribution is -2.17. The minimum absolute atomic E-state index is 0.0589. The first-order valence-electron chi connectivity index (χ1n) is 8.02. The number of rotatable bonds is 3. The van der Waals surface area contributed by atoms with Gasteiger partial charge in [0.2, 0.25) is 0 Å². The molecule has 2 aromatic heterocycles. The van der Waals surface area contributed by atoms with Crippen molar-refractivity contribution in [3.8, 4) is 0 Å². The van der Waals surface area contributed by atoms with Gasteiger partial charge in [-0.15, -0.1) is 0 Å². The molecule has 0 saturated carbocycles. The van der Waals surface area contributed by atoms with Crippen LogP contribution in [0.2, 0.25) is 0 Å². The predicted molar refractivity (Wildman–Crippen MR) is 88.6 cm³/mol. The molecule has 1 atom stereocenters. The fraction of sp³-hybridized carbons (Fsp3) is 0.389. The molecule has 5 nitrogen and oxygen atoms in total. The van der Waals surface area contributed by atoms with Gasteiger partial charge in [0.15, 0.2) is 5.78 Å². The number of aryl methyl sites for hydroxylation is 1. The number of anilines is 1. The Labute approximate surface area is 135 Å². The monoisotopic (exact) mass is 311 g/mol. The minimum atomic E-state index is -0.294. The Morgan fingerprint density at radius 2 is 2.22 bits per heavy atom. The molecular formula is C18H21N3O2. The van der Waals surface area contributed by atoms with E-state index in [1.54, 1.807) is 30.6 Å². The molecule has 0 radical (unpaired) electrons. The SMILES string of the molecule is CC(C)C1CCc2[nH]cc(C(=O)Nc3ccccn3)c2C(=O)C1. The molecule has 1 amide bonds. The van der Waals surface area contributed by atoms with Crippen molar-refractivity contribution in [1.82, 2.24) is 9.97 Å². The van der Waals surface area contributed by atoms with Gasteiger partial charge >= 0.3 is 0 Å². The van der Waals surface area contributed by atoms with E-state index >= 15 is 0 Å². The van der Waals surface area contributed by atoms with Gasteiger partial charge < -0.3 is 10.3 Å². The van der Waals surface area contributed by atoms with Crippen LogP contribution in [0.15, 0.2) is 30.6 Å². The van der Waals surface area contributed by atoms with E-state index < -0.39 is 0 Å². The number of hydrogen-bond donors (Lipinski definition) is 2. The smallest absolute Gasteiger partial charge is 0.259 e. The normalized spacial score (nSPS) is 17.7. The number of nitrogens with zero attached hydrogens (tertiary/aromatic N) is 1. The lowest BCUT2D eigenvalue weighted by Gasteiger charge is -2.17. The molecule has 0 aliphatic heterocycles. The first-order valence-corrected chi connectivity index (χ1v) is 8.02. The van der Waals surface area contributed by atoms with Crippen LogP contribution in [0.5, 0.6) is 0 Å². The van der Waals surface area contributed by atoms with Gasteiger partial charge in [0.1, 0.15) is 5.82 Å². The molecule has 23 heavy (non-hydrogen) atoms. The standard InChI is InChI=1S/C18H21N3O2/c1-11(2)12-6-7-14-17(15(22)9-12)13(10-20-14)18(23)21-16-5-3-4-8-19-16/h3-5,8,10-12,20H,6-7,9H2,1-2H3,(H,19,21,23). The molecule has 1 unspecified atom stereocenters. The first kappa shape index (κ1) is 15.5. The van der Waals surface area contributed by atoms with Crippen LogP contribution in [0.1, 0.15) is 53.1 Å². The fourth-order valence-electron chi connectivity index (χ4n) is 3.12. The number of H-pyrrole nitrogens is 1. The summed E-state index contributed by atoms with van der Waals surface area (Å²) in [6.07, 6.45) is 5.54. The van der Waals surface area contributed by atoms with Gasteiger partial charge in [-0.2, -0.15) is 0 Å². The molecule has 0 aromatic carbocycles. The highest BCUT2D eigenvalue weighted by Gasteiger charge is 2.29. The number of ketones is 1. The van der Waals surface area contributed by atoms with E-state index in [1.807, 2.05) is 0 Å². The first-order chi connectivity index (χ1) is 11.1. The third-order valence-electron chi connectivity index (χ3n) is 4.55. The quantitative estimate of drug-likeness (QED) is 0.852. The summed E-state index contributed by atoms with van der Waals surface area (Å²) in [6.45, 7) is 4.29. The van der Waals surface area contributed by atoms with Crippen LogP contribution in [0.3, 0.4) is 0 Å². The second-order valence-electron chi connectivity index (χ2n) is 6.40. The van der Waals surface area contributed by atoms with E-state index in [2.05, 4.69) is 29.1 Å². The largest absolute Gasteiger partial charge is 0.364 e. The summed E-state index contributed by atoms with van der Waals surface area (Å²) in [7, 11) is 0. The number of fused-ring (bicyclic) bond motifs is 1. The molecular weight excluding hydrogens is 290 g/mol. The molecule has 0 spiro atoms.